The lowest BCUT2D eigenvalue weighted by atomic mass is 9.88. The molecule has 7 aliphatic rings. The maximum absolute atomic E-state index is 9.71. The topological polar surface area (TPSA) is 620 Å². The van der Waals surface area contributed by atoms with Gasteiger partial charge in [0.05, 0.1) is 154 Å². The maximum atomic E-state index is 9.71. The van der Waals surface area contributed by atoms with Crippen molar-refractivity contribution in [1.82, 2.24) is 0 Å². The second-order valence-corrected chi connectivity index (χ2v) is 20.8. The van der Waals surface area contributed by atoms with E-state index in [0.717, 1.165) is 28.4 Å². The first-order valence-electron chi connectivity index (χ1n) is 29.4. The quantitative estimate of drug-likeness (QED) is 0.102. The van der Waals surface area contributed by atoms with Gasteiger partial charge in [0, 0.05) is 65.1 Å². The average molecular weight is 1390 g/mol. The van der Waals surface area contributed by atoms with Gasteiger partial charge in [-0.1, -0.05) is 70.7 Å². The van der Waals surface area contributed by atoms with Gasteiger partial charge < -0.3 is 176 Å². The minimum Gasteiger partial charge on any atom is -0.400 e. The molecule has 574 valence electrons. The molecule has 0 radical (unpaired) electrons. The summed E-state index contributed by atoms with van der Waals surface area (Å²) in [6, 6.07) is 0. The Balaban J connectivity index is -0.000000147. The van der Waals surface area contributed by atoms with Gasteiger partial charge in [-0.15, -0.1) is 0 Å². The normalized spacial score (nSPS) is 39.5. The van der Waals surface area contributed by atoms with E-state index in [1.54, 1.807) is 34.6 Å². The van der Waals surface area contributed by atoms with E-state index >= 15 is 0 Å². The van der Waals surface area contributed by atoms with E-state index in [1.165, 1.54) is 7.11 Å². The molecule has 7 saturated heterocycles. The van der Waals surface area contributed by atoms with Crippen LogP contribution in [0, 0.1) is 29.6 Å². The van der Waals surface area contributed by atoms with E-state index < -0.39 is 146 Å². The van der Waals surface area contributed by atoms with Crippen molar-refractivity contribution in [2.45, 2.75) is 217 Å². The number of ether oxygens (including phenoxy) is 8. The Morgan fingerprint density at radius 3 is 0.624 bits per heavy atom. The number of rotatable bonds is 9. The minimum absolute atomic E-state index is 0. The van der Waals surface area contributed by atoms with Crippen molar-refractivity contribution >= 4 is 0 Å². The van der Waals surface area contributed by atoms with Crippen LogP contribution in [-0.4, -0.2) is 412 Å². The van der Waals surface area contributed by atoms with Crippen LogP contribution in [0.3, 0.4) is 0 Å². The fourth-order valence-electron chi connectivity index (χ4n) is 8.57. The summed E-state index contributed by atoms with van der Waals surface area (Å²) in [5.41, 5.74) is 0. The van der Waals surface area contributed by atoms with Gasteiger partial charge in [0.1, 0.15) is 85.5 Å². The van der Waals surface area contributed by atoms with Crippen molar-refractivity contribution < 1.29 is 176 Å². The van der Waals surface area contributed by atoms with E-state index in [1.807, 2.05) is 13.8 Å². The van der Waals surface area contributed by atoms with Gasteiger partial charge in [-0.3, -0.25) is 0 Å². The standard InChI is InChI=1S/C9H18O5.4C7H14O4.2C6H12O5.C2H6.4CH4O.3CH4/c1-5-8(11)6(3-10)14-7(4-13-2)9(5)12;4*1-4-5(9)3-11-6(2-8)7(4)10;2*7-1-4-6(10)5(9)3(8)2-11-4;5*1-2;;;/h5-12H,3-4H2,1-2H3;4*4-10H,2-3H2,1H3;2*3-10H,1-2H2;1-2H3;4*2H,1H3;3*1H4/t5-,6?,7+,8?,9?;4-,5?,6?,7?;3*4-,5+,6?,7?;3?,4?,5-,6?;3-,4?,5+,6?;;;;;;;;/m1000001......../s1. The van der Waals surface area contributed by atoms with Crippen molar-refractivity contribution in [1.29, 1.82) is 0 Å². The Bertz CT molecular complexity index is 1320. The highest BCUT2D eigenvalue weighted by atomic mass is 16.6. The first-order valence-corrected chi connectivity index (χ1v) is 29.4. The third-order valence-corrected chi connectivity index (χ3v) is 15.0. The molecular formula is C58H132O35. The monoisotopic (exact) mass is 1390 g/mol. The summed E-state index contributed by atoms with van der Waals surface area (Å²) < 4.78 is 39.7. The SMILES string of the molecule is C.C.C.CC.CO.CO.CO.CO.COC[C@@H]1OC(CO)C(O)[C@@H](C)C1O.C[C@@H]1C(O)C(CO)OC[C@H]1O.C[C@@H]1C(O)C(CO)OC[C@H]1O.C[C@@H]1C(O)C(CO)OC[C@H]1O.C[C@H]1C(O)COC(CO)C1O.OCC1OCC(O)[C@H](O)C1O.OCC1OC[C@@H](O)[C@H](O)C1O. The summed E-state index contributed by atoms with van der Waals surface area (Å²) in [6.07, 6.45) is -18.9. The predicted octanol–water partition coefficient (Wildman–Crippen LogP) is -10.0. The van der Waals surface area contributed by atoms with Crippen molar-refractivity contribution in [3.8, 4) is 0 Å². The molecule has 35 heteroatoms. The molecule has 7 rings (SSSR count). The third kappa shape index (κ3) is 37.6. The molecule has 0 spiro atoms. The summed E-state index contributed by atoms with van der Waals surface area (Å²) >= 11 is 0. The first kappa shape index (κ1) is 108. The molecule has 0 bridgehead atoms. The molecular weight excluding hydrogens is 1260 g/mol. The zero-order valence-corrected chi connectivity index (χ0v) is 54.0. The Morgan fingerprint density at radius 2 is 0.430 bits per heavy atom. The van der Waals surface area contributed by atoms with Gasteiger partial charge in [0.15, 0.2) is 0 Å². The van der Waals surface area contributed by atoms with Crippen LogP contribution in [0.1, 0.15) is 70.7 Å². The fourth-order valence-corrected chi connectivity index (χ4v) is 8.57. The fraction of sp³-hybridized carbons (Fsp3) is 1.00. The van der Waals surface area contributed by atoms with Crippen LogP contribution in [-0.2, 0) is 37.9 Å². The van der Waals surface area contributed by atoms with Gasteiger partial charge >= 0.3 is 0 Å². The lowest BCUT2D eigenvalue weighted by Crippen LogP contribution is -2.55. The Labute approximate surface area is 549 Å². The second kappa shape index (κ2) is 62.8. The Kier molecular flexibility index (Phi) is 72.7. The zero-order chi connectivity index (χ0) is 71.3. The van der Waals surface area contributed by atoms with Crippen LogP contribution in [0.15, 0.2) is 0 Å². The molecule has 35 nitrogen and oxygen atoms in total. The third-order valence-electron chi connectivity index (χ3n) is 15.0. The van der Waals surface area contributed by atoms with Crippen molar-refractivity contribution in [2.75, 3.05) is 128 Å². The number of hydrogen-bond donors (Lipinski definition) is 27. The van der Waals surface area contributed by atoms with Crippen molar-refractivity contribution in [2.24, 2.45) is 29.6 Å². The molecule has 7 heterocycles. The van der Waals surface area contributed by atoms with Gasteiger partial charge in [-0.25, -0.2) is 0 Å². The highest BCUT2D eigenvalue weighted by Gasteiger charge is 2.43. The Hall–Kier alpha value is -1.40. The van der Waals surface area contributed by atoms with Gasteiger partial charge in [0.2, 0.25) is 0 Å². The van der Waals surface area contributed by atoms with Gasteiger partial charge in [-0.05, 0) is 0 Å². The summed E-state index contributed by atoms with van der Waals surface area (Å²) in [6.45, 7) is 11.9. The van der Waals surface area contributed by atoms with E-state index in [4.69, 9.17) is 125 Å². The average Bonchev–Trinajstić information content (AvgIpc) is 0.932. The lowest BCUT2D eigenvalue weighted by Gasteiger charge is -2.40. The van der Waals surface area contributed by atoms with Crippen molar-refractivity contribution in [3.63, 3.8) is 0 Å². The molecule has 7 aliphatic heterocycles. The molecule has 29 atom stereocenters. The smallest absolute Gasteiger partial charge is 0.111 e. The molecule has 7 fully saturated rings. The highest BCUT2D eigenvalue weighted by Crippen LogP contribution is 2.27. The predicted molar refractivity (Wildman–Crippen MR) is 335 cm³/mol. The Morgan fingerprint density at radius 1 is 0.258 bits per heavy atom. The van der Waals surface area contributed by atoms with Crippen LogP contribution >= 0.6 is 0 Å². The van der Waals surface area contributed by atoms with E-state index in [9.17, 15) is 51.1 Å². The van der Waals surface area contributed by atoms with E-state index in [2.05, 4.69) is 0 Å². The largest absolute Gasteiger partial charge is 0.400 e. The molecule has 0 saturated carbocycles. The number of methoxy groups -OCH3 is 1. The van der Waals surface area contributed by atoms with Crippen LogP contribution in [0.4, 0.5) is 0 Å². The molecule has 17 unspecified atom stereocenters. The number of aliphatic hydroxyl groups is 27. The molecule has 0 aromatic rings. The first-order chi connectivity index (χ1) is 42.6. The summed E-state index contributed by atoms with van der Waals surface area (Å²) in [5.74, 6) is -1.20. The molecule has 93 heavy (non-hydrogen) atoms. The van der Waals surface area contributed by atoms with Crippen molar-refractivity contribution in [3.05, 3.63) is 0 Å². The molecule has 0 aromatic carbocycles. The van der Waals surface area contributed by atoms with Crippen LogP contribution in [0.5, 0.6) is 0 Å². The van der Waals surface area contributed by atoms with Crippen LogP contribution < -0.4 is 0 Å². The van der Waals surface area contributed by atoms with E-state index in [0.29, 0.717) is 0 Å². The zero-order valence-electron chi connectivity index (χ0n) is 54.0. The van der Waals surface area contributed by atoms with E-state index in [-0.39, 0.29) is 144 Å². The highest BCUT2D eigenvalue weighted by molar-refractivity contribution is 4.91. The lowest BCUT2D eigenvalue weighted by molar-refractivity contribution is -0.215. The summed E-state index contributed by atoms with van der Waals surface area (Å²) in [5, 5.41) is 237. The number of hydrogen-bond acceptors (Lipinski definition) is 35. The molecule has 0 aliphatic carbocycles. The minimum atomic E-state index is -1.22. The second-order valence-electron chi connectivity index (χ2n) is 20.8. The molecule has 0 aromatic heterocycles. The molecule has 0 amide bonds. The maximum Gasteiger partial charge on any atom is 0.111 e. The van der Waals surface area contributed by atoms with Gasteiger partial charge in [0.25, 0.3) is 0 Å². The van der Waals surface area contributed by atoms with Crippen LogP contribution in [0.25, 0.3) is 0 Å². The summed E-state index contributed by atoms with van der Waals surface area (Å²) in [4.78, 5) is 0. The number of aliphatic hydroxyl groups excluding tert-OH is 27. The van der Waals surface area contributed by atoms with Gasteiger partial charge in [-0.2, -0.15) is 0 Å². The van der Waals surface area contributed by atoms with Crippen LogP contribution in [0.2, 0.25) is 0 Å². The summed E-state index contributed by atoms with van der Waals surface area (Å²) in [7, 11) is 5.51. The molecule has 27 N–H and O–H groups in total.